The predicted octanol–water partition coefficient (Wildman–Crippen LogP) is 2.43. The van der Waals surface area contributed by atoms with Crippen molar-refractivity contribution in [2.24, 2.45) is 10.9 Å². The number of nitrogens with zero attached hydrogens (tertiary/aromatic N) is 3. The Kier molecular flexibility index (Phi) is 6.31. The molecule has 0 saturated heterocycles. The smallest absolute Gasteiger partial charge is 0.191 e. The minimum atomic E-state index is 0.696. The zero-order valence-electron chi connectivity index (χ0n) is 14.8. The van der Waals surface area contributed by atoms with Gasteiger partial charge in [0, 0.05) is 44.6 Å². The lowest BCUT2D eigenvalue weighted by molar-refractivity contribution is 0.296. The molecule has 1 aromatic carbocycles. The van der Waals surface area contributed by atoms with Crippen molar-refractivity contribution in [2.75, 3.05) is 20.2 Å². The van der Waals surface area contributed by atoms with Gasteiger partial charge in [0.15, 0.2) is 5.96 Å². The standard InChI is InChI=1S/C19H27N5O/c1-20-19(22-9-4-11-24-12-10-21-15-24)23-13-17-5-2-3-6-18(17)25-14-16-7-8-16/h2-3,5-6,10,12,15-16H,4,7-9,11,13-14H2,1H3,(H2,20,22,23). The first-order valence-corrected chi connectivity index (χ1v) is 8.96. The van der Waals surface area contributed by atoms with Crippen LogP contribution in [0.3, 0.4) is 0 Å². The van der Waals surface area contributed by atoms with Crippen LogP contribution in [0.25, 0.3) is 0 Å². The summed E-state index contributed by atoms with van der Waals surface area (Å²) in [5.74, 6) is 2.53. The maximum atomic E-state index is 5.96. The van der Waals surface area contributed by atoms with E-state index < -0.39 is 0 Å². The molecule has 1 aromatic heterocycles. The van der Waals surface area contributed by atoms with Gasteiger partial charge in [-0.2, -0.15) is 0 Å². The maximum absolute atomic E-state index is 5.96. The normalized spacial score (nSPS) is 14.4. The average Bonchev–Trinajstić information content (AvgIpc) is 3.33. The fourth-order valence-corrected chi connectivity index (χ4v) is 2.57. The number of rotatable bonds is 9. The fraction of sp³-hybridized carbons (Fsp3) is 0.474. The third-order valence-electron chi connectivity index (χ3n) is 4.26. The molecule has 0 spiro atoms. The number of ether oxygens (including phenoxy) is 1. The van der Waals surface area contributed by atoms with E-state index in [1.165, 1.54) is 12.8 Å². The second-order valence-electron chi connectivity index (χ2n) is 6.37. The molecule has 1 saturated carbocycles. The molecule has 134 valence electrons. The van der Waals surface area contributed by atoms with Crippen LogP contribution in [0.1, 0.15) is 24.8 Å². The van der Waals surface area contributed by atoms with Crippen molar-refractivity contribution in [1.29, 1.82) is 0 Å². The third kappa shape index (κ3) is 5.81. The van der Waals surface area contributed by atoms with Gasteiger partial charge in [0.25, 0.3) is 0 Å². The van der Waals surface area contributed by atoms with E-state index in [-0.39, 0.29) is 0 Å². The van der Waals surface area contributed by atoms with Gasteiger partial charge in [-0.3, -0.25) is 4.99 Å². The average molecular weight is 341 g/mol. The van der Waals surface area contributed by atoms with Gasteiger partial charge in [0.1, 0.15) is 5.75 Å². The molecule has 0 atom stereocenters. The van der Waals surface area contributed by atoms with Gasteiger partial charge in [0.2, 0.25) is 0 Å². The van der Waals surface area contributed by atoms with E-state index in [2.05, 4.69) is 31.2 Å². The summed E-state index contributed by atoms with van der Waals surface area (Å²) in [7, 11) is 1.79. The topological polar surface area (TPSA) is 63.5 Å². The van der Waals surface area contributed by atoms with Crippen LogP contribution < -0.4 is 15.4 Å². The van der Waals surface area contributed by atoms with Gasteiger partial charge in [0.05, 0.1) is 12.9 Å². The number of aryl methyl sites for hydroxylation is 1. The highest BCUT2D eigenvalue weighted by Crippen LogP contribution is 2.30. The first-order chi connectivity index (χ1) is 12.3. The summed E-state index contributed by atoms with van der Waals surface area (Å²) >= 11 is 0. The number of hydrogen-bond donors (Lipinski definition) is 2. The first kappa shape index (κ1) is 17.3. The Morgan fingerprint density at radius 2 is 2.20 bits per heavy atom. The zero-order chi connectivity index (χ0) is 17.3. The summed E-state index contributed by atoms with van der Waals surface area (Å²) in [6, 6.07) is 8.21. The lowest BCUT2D eigenvalue weighted by Crippen LogP contribution is -2.37. The molecule has 6 heteroatoms. The predicted molar refractivity (Wildman–Crippen MR) is 99.7 cm³/mol. The molecular weight excluding hydrogens is 314 g/mol. The molecule has 0 unspecified atom stereocenters. The van der Waals surface area contributed by atoms with Gasteiger partial charge >= 0.3 is 0 Å². The van der Waals surface area contributed by atoms with Gasteiger partial charge in [-0.15, -0.1) is 0 Å². The van der Waals surface area contributed by atoms with Crippen LogP contribution in [0.5, 0.6) is 5.75 Å². The van der Waals surface area contributed by atoms with Gasteiger partial charge in [-0.1, -0.05) is 18.2 Å². The molecule has 2 aromatic rings. The van der Waals surface area contributed by atoms with Crippen molar-refractivity contribution >= 4 is 5.96 Å². The molecule has 6 nitrogen and oxygen atoms in total. The molecule has 0 radical (unpaired) electrons. The van der Waals surface area contributed by atoms with Crippen molar-refractivity contribution in [3.63, 3.8) is 0 Å². The summed E-state index contributed by atoms with van der Waals surface area (Å²) in [5, 5.41) is 6.71. The Morgan fingerprint density at radius 1 is 1.32 bits per heavy atom. The molecular formula is C19H27N5O. The van der Waals surface area contributed by atoms with Crippen molar-refractivity contribution in [1.82, 2.24) is 20.2 Å². The maximum Gasteiger partial charge on any atom is 0.191 e. The lowest BCUT2D eigenvalue weighted by Gasteiger charge is -2.15. The van der Waals surface area contributed by atoms with Gasteiger partial charge in [-0.05, 0) is 31.2 Å². The molecule has 1 fully saturated rings. The highest BCUT2D eigenvalue weighted by atomic mass is 16.5. The van der Waals surface area contributed by atoms with E-state index in [1.54, 1.807) is 13.2 Å². The molecule has 2 N–H and O–H groups in total. The monoisotopic (exact) mass is 341 g/mol. The second-order valence-corrected chi connectivity index (χ2v) is 6.37. The number of imidazole rings is 1. The van der Waals surface area contributed by atoms with Crippen molar-refractivity contribution in [3.05, 3.63) is 48.5 Å². The second kappa shape index (κ2) is 9.11. The first-order valence-electron chi connectivity index (χ1n) is 8.96. The van der Waals surface area contributed by atoms with Crippen molar-refractivity contribution in [3.8, 4) is 5.75 Å². The Hall–Kier alpha value is -2.50. The molecule has 25 heavy (non-hydrogen) atoms. The summed E-state index contributed by atoms with van der Waals surface area (Å²) in [6.45, 7) is 3.33. The summed E-state index contributed by atoms with van der Waals surface area (Å²) in [6.07, 6.45) is 9.23. The minimum Gasteiger partial charge on any atom is -0.493 e. The Morgan fingerprint density at radius 3 is 2.96 bits per heavy atom. The van der Waals surface area contributed by atoms with E-state index in [9.17, 15) is 0 Å². The van der Waals surface area contributed by atoms with Crippen LogP contribution in [0, 0.1) is 5.92 Å². The lowest BCUT2D eigenvalue weighted by atomic mass is 10.2. The highest BCUT2D eigenvalue weighted by Gasteiger charge is 2.22. The number of guanidine groups is 1. The van der Waals surface area contributed by atoms with Crippen LogP contribution in [0.15, 0.2) is 48.0 Å². The Balaban J connectivity index is 1.41. The van der Waals surface area contributed by atoms with Crippen LogP contribution in [-0.4, -0.2) is 35.7 Å². The largest absolute Gasteiger partial charge is 0.493 e. The molecule has 0 aliphatic heterocycles. The van der Waals surface area contributed by atoms with Crippen LogP contribution in [0.2, 0.25) is 0 Å². The Labute approximate surface area is 149 Å². The van der Waals surface area contributed by atoms with Gasteiger partial charge in [-0.25, -0.2) is 4.98 Å². The van der Waals surface area contributed by atoms with E-state index in [4.69, 9.17) is 4.74 Å². The minimum absolute atomic E-state index is 0.696. The molecule has 3 rings (SSSR count). The van der Waals surface area contributed by atoms with Crippen LogP contribution >= 0.6 is 0 Å². The van der Waals surface area contributed by atoms with Gasteiger partial charge < -0.3 is 19.9 Å². The number of benzene rings is 1. The number of aromatic nitrogens is 2. The van der Waals surface area contributed by atoms with E-state index in [1.807, 2.05) is 30.7 Å². The Bertz CT molecular complexity index is 664. The van der Waals surface area contributed by atoms with Crippen molar-refractivity contribution in [2.45, 2.75) is 32.4 Å². The molecule has 1 aliphatic carbocycles. The van der Waals surface area contributed by atoms with E-state index >= 15 is 0 Å². The number of nitrogens with one attached hydrogen (secondary N) is 2. The molecule has 1 aliphatic rings. The van der Waals surface area contributed by atoms with Crippen molar-refractivity contribution < 1.29 is 4.74 Å². The molecule has 0 amide bonds. The fourth-order valence-electron chi connectivity index (χ4n) is 2.57. The van der Waals surface area contributed by atoms with Crippen LogP contribution in [0.4, 0.5) is 0 Å². The van der Waals surface area contributed by atoms with E-state index in [0.717, 1.165) is 49.3 Å². The number of para-hydroxylation sites is 1. The molecule has 0 bridgehead atoms. The highest BCUT2D eigenvalue weighted by molar-refractivity contribution is 5.79. The SMILES string of the molecule is CN=C(NCCCn1ccnc1)NCc1ccccc1OCC1CC1. The van der Waals surface area contributed by atoms with Crippen LogP contribution in [-0.2, 0) is 13.1 Å². The quantitative estimate of drug-likeness (QED) is 0.418. The van der Waals surface area contributed by atoms with E-state index in [0.29, 0.717) is 6.54 Å². The third-order valence-corrected chi connectivity index (χ3v) is 4.26. The zero-order valence-corrected chi connectivity index (χ0v) is 14.8. The summed E-state index contributed by atoms with van der Waals surface area (Å²) in [4.78, 5) is 8.33. The number of aliphatic imine (C=N–C) groups is 1. The summed E-state index contributed by atoms with van der Waals surface area (Å²) in [5.41, 5.74) is 1.16. The summed E-state index contributed by atoms with van der Waals surface area (Å²) < 4.78 is 8.03. The number of hydrogen-bond acceptors (Lipinski definition) is 3. The molecule has 1 heterocycles.